The van der Waals surface area contributed by atoms with Crippen molar-refractivity contribution in [1.82, 2.24) is 15.1 Å². The first-order valence-electron chi connectivity index (χ1n) is 7.48. The Labute approximate surface area is 124 Å². The summed E-state index contributed by atoms with van der Waals surface area (Å²) in [5.41, 5.74) is 0. The van der Waals surface area contributed by atoms with Gasteiger partial charge in [0.1, 0.15) is 6.54 Å². The average molecular weight is 297 g/mol. The number of carbonyl (C=O) groups excluding carboxylic acids is 2. The van der Waals surface area contributed by atoms with Crippen LogP contribution in [0.15, 0.2) is 0 Å². The molecule has 7 heteroatoms. The average Bonchev–Trinajstić information content (AvgIpc) is 2.47. The van der Waals surface area contributed by atoms with E-state index in [1.807, 2.05) is 0 Å². The number of nitrogens with one attached hydrogen (secondary N) is 1. The number of carboxylic acids is 1. The summed E-state index contributed by atoms with van der Waals surface area (Å²) in [5.74, 6) is -1.22. The Hall–Kier alpha value is -1.79. The smallest absolute Gasteiger partial charge is 0.317 e. The van der Waals surface area contributed by atoms with Crippen LogP contribution < -0.4 is 5.32 Å². The van der Waals surface area contributed by atoms with Crippen molar-refractivity contribution in [2.24, 2.45) is 11.8 Å². The van der Waals surface area contributed by atoms with Crippen LogP contribution in [-0.4, -0.2) is 66.0 Å². The van der Waals surface area contributed by atoms with Crippen molar-refractivity contribution in [2.45, 2.75) is 25.7 Å². The van der Waals surface area contributed by atoms with E-state index in [0.29, 0.717) is 26.1 Å². The summed E-state index contributed by atoms with van der Waals surface area (Å²) in [7, 11) is 1.72. The predicted octanol–water partition coefficient (Wildman–Crippen LogP) is 0.361. The molecule has 118 valence electrons. The molecule has 1 heterocycles. The van der Waals surface area contributed by atoms with Crippen molar-refractivity contribution < 1.29 is 19.5 Å². The fraction of sp³-hybridized carbons (Fsp3) is 0.786. The number of likely N-dealkylation sites (N-methyl/N-ethyl adjacent to an activating group) is 1. The maximum Gasteiger partial charge on any atom is 0.317 e. The Morgan fingerprint density at radius 3 is 2.67 bits per heavy atom. The lowest BCUT2D eigenvalue weighted by molar-refractivity contribution is -0.144. The number of hydrogen-bond donors (Lipinski definition) is 2. The molecule has 1 aliphatic carbocycles. The number of rotatable bonds is 3. The van der Waals surface area contributed by atoms with Crippen LogP contribution >= 0.6 is 0 Å². The van der Waals surface area contributed by atoms with E-state index in [2.05, 4.69) is 5.32 Å². The minimum Gasteiger partial charge on any atom is -0.481 e. The van der Waals surface area contributed by atoms with Gasteiger partial charge in [-0.05, 0) is 18.8 Å². The maximum atomic E-state index is 12.1. The van der Waals surface area contributed by atoms with E-state index in [0.717, 1.165) is 19.3 Å². The predicted molar refractivity (Wildman–Crippen MR) is 75.7 cm³/mol. The molecule has 2 aliphatic rings. The third-order valence-corrected chi connectivity index (χ3v) is 4.49. The van der Waals surface area contributed by atoms with Crippen LogP contribution in [0, 0.1) is 11.8 Å². The third kappa shape index (κ3) is 3.86. The van der Waals surface area contributed by atoms with Crippen molar-refractivity contribution in [3.8, 4) is 0 Å². The zero-order chi connectivity index (χ0) is 15.4. The molecule has 0 aromatic heterocycles. The van der Waals surface area contributed by atoms with Gasteiger partial charge < -0.3 is 20.2 Å². The summed E-state index contributed by atoms with van der Waals surface area (Å²) in [5, 5.41) is 12.0. The molecule has 0 spiro atoms. The first-order valence-corrected chi connectivity index (χ1v) is 7.48. The van der Waals surface area contributed by atoms with Gasteiger partial charge in [0.25, 0.3) is 0 Å². The Kier molecular flexibility index (Phi) is 5.03. The van der Waals surface area contributed by atoms with Gasteiger partial charge in [0.05, 0.1) is 5.92 Å². The lowest BCUT2D eigenvalue weighted by atomic mass is 9.79. The van der Waals surface area contributed by atoms with Gasteiger partial charge in [-0.15, -0.1) is 0 Å². The Balaban J connectivity index is 1.83. The monoisotopic (exact) mass is 297 g/mol. The van der Waals surface area contributed by atoms with Gasteiger partial charge in [-0.25, -0.2) is 4.79 Å². The Bertz CT molecular complexity index is 426. The molecule has 0 aromatic rings. The number of amides is 3. The van der Waals surface area contributed by atoms with Gasteiger partial charge >= 0.3 is 12.0 Å². The first-order chi connectivity index (χ1) is 9.99. The number of nitrogens with zero attached hydrogens (tertiary/aromatic N) is 2. The number of hydrogen-bond acceptors (Lipinski definition) is 3. The van der Waals surface area contributed by atoms with Gasteiger partial charge in [0.15, 0.2) is 0 Å². The molecule has 1 aliphatic heterocycles. The summed E-state index contributed by atoms with van der Waals surface area (Å²) in [6.07, 6.45) is 3.47. The lowest BCUT2D eigenvalue weighted by Gasteiger charge is -2.33. The summed E-state index contributed by atoms with van der Waals surface area (Å²) in [6.45, 7) is 1.51. The Morgan fingerprint density at radius 1 is 1.29 bits per heavy atom. The Morgan fingerprint density at radius 2 is 2.00 bits per heavy atom. The highest BCUT2D eigenvalue weighted by Crippen LogP contribution is 2.29. The molecule has 1 saturated carbocycles. The molecule has 2 N–H and O–H groups in total. The standard InChI is InChI=1S/C14H23N3O4/c1-16-6-7-17(9-12(16)18)14(21)15-8-10-4-2-3-5-11(10)13(19)20/h10-11H,2-9H2,1H3,(H,15,21)(H,19,20). The van der Waals surface area contributed by atoms with Crippen molar-refractivity contribution in [3.63, 3.8) is 0 Å². The molecule has 2 rings (SSSR count). The second-order valence-electron chi connectivity index (χ2n) is 5.91. The van der Waals surface area contributed by atoms with Gasteiger partial charge in [-0.2, -0.15) is 0 Å². The second-order valence-corrected chi connectivity index (χ2v) is 5.91. The fourth-order valence-corrected chi connectivity index (χ4v) is 3.04. The second kappa shape index (κ2) is 6.78. The van der Waals surface area contributed by atoms with Gasteiger partial charge in [0.2, 0.25) is 5.91 Å². The highest BCUT2D eigenvalue weighted by Gasteiger charge is 2.32. The van der Waals surface area contributed by atoms with E-state index in [-0.39, 0.29) is 30.3 Å². The largest absolute Gasteiger partial charge is 0.481 e. The third-order valence-electron chi connectivity index (χ3n) is 4.49. The molecule has 1 saturated heterocycles. The molecular weight excluding hydrogens is 274 g/mol. The molecule has 7 nitrogen and oxygen atoms in total. The highest BCUT2D eigenvalue weighted by molar-refractivity contribution is 5.85. The van der Waals surface area contributed by atoms with E-state index in [1.54, 1.807) is 11.9 Å². The van der Waals surface area contributed by atoms with Crippen LogP contribution in [-0.2, 0) is 9.59 Å². The normalized spacial score (nSPS) is 26.6. The van der Waals surface area contributed by atoms with E-state index < -0.39 is 5.97 Å². The van der Waals surface area contributed by atoms with Crippen molar-refractivity contribution in [1.29, 1.82) is 0 Å². The van der Waals surface area contributed by atoms with Crippen LogP contribution in [0.2, 0.25) is 0 Å². The van der Waals surface area contributed by atoms with Crippen molar-refractivity contribution in [2.75, 3.05) is 33.2 Å². The van der Waals surface area contributed by atoms with Crippen molar-refractivity contribution in [3.05, 3.63) is 0 Å². The summed E-state index contributed by atoms with van der Waals surface area (Å²) in [4.78, 5) is 38.0. The molecule has 0 radical (unpaired) electrons. The first kappa shape index (κ1) is 15.6. The lowest BCUT2D eigenvalue weighted by Crippen LogP contribution is -2.54. The molecule has 3 amide bonds. The number of urea groups is 1. The quantitative estimate of drug-likeness (QED) is 0.787. The van der Waals surface area contributed by atoms with Crippen LogP contribution in [0.1, 0.15) is 25.7 Å². The van der Waals surface area contributed by atoms with E-state index in [9.17, 15) is 19.5 Å². The molecule has 2 unspecified atom stereocenters. The molecule has 0 bridgehead atoms. The highest BCUT2D eigenvalue weighted by atomic mass is 16.4. The zero-order valence-electron chi connectivity index (χ0n) is 12.4. The molecule has 0 aromatic carbocycles. The van der Waals surface area contributed by atoms with Gasteiger partial charge in [0, 0.05) is 26.7 Å². The number of piperazine rings is 1. The zero-order valence-corrected chi connectivity index (χ0v) is 12.4. The molecule has 21 heavy (non-hydrogen) atoms. The topological polar surface area (TPSA) is 89.9 Å². The van der Waals surface area contributed by atoms with Crippen molar-refractivity contribution >= 4 is 17.9 Å². The number of carboxylic acid groups (broad SMARTS) is 1. The fourth-order valence-electron chi connectivity index (χ4n) is 3.04. The number of carbonyl (C=O) groups is 3. The van der Waals surface area contributed by atoms with Crippen LogP contribution in [0.4, 0.5) is 4.79 Å². The minimum absolute atomic E-state index is 0.0108. The summed E-state index contributed by atoms with van der Waals surface area (Å²) in [6, 6.07) is -0.272. The van der Waals surface area contributed by atoms with E-state index >= 15 is 0 Å². The van der Waals surface area contributed by atoms with Gasteiger partial charge in [-0.1, -0.05) is 12.8 Å². The number of aliphatic carboxylic acids is 1. The molecule has 2 atom stereocenters. The maximum absolute atomic E-state index is 12.1. The van der Waals surface area contributed by atoms with Crippen LogP contribution in [0.5, 0.6) is 0 Å². The molecule has 2 fully saturated rings. The summed E-state index contributed by atoms with van der Waals surface area (Å²) >= 11 is 0. The summed E-state index contributed by atoms with van der Waals surface area (Å²) < 4.78 is 0. The molecular formula is C14H23N3O4. The van der Waals surface area contributed by atoms with E-state index in [1.165, 1.54) is 4.90 Å². The van der Waals surface area contributed by atoms with Crippen LogP contribution in [0.3, 0.4) is 0 Å². The van der Waals surface area contributed by atoms with Gasteiger partial charge in [-0.3, -0.25) is 9.59 Å². The minimum atomic E-state index is -0.774. The van der Waals surface area contributed by atoms with Crippen LogP contribution in [0.25, 0.3) is 0 Å². The SMILES string of the molecule is CN1CCN(C(=O)NCC2CCCCC2C(=O)O)CC1=O. The van der Waals surface area contributed by atoms with E-state index in [4.69, 9.17) is 0 Å².